The van der Waals surface area contributed by atoms with E-state index in [1.165, 1.54) is 11.6 Å². The SMILES string of the molecule is Cl.Cn1c(CN2C[C@@H](CN)[C@H](c3ccccc3)C2)nc2cc(C(F)(F)F)ccc21. The largest absolute Gasteiger partial charge is 0.416 e. The topological polar surface area (TPSA) is 47.1 Å². The molecule has 1 saturated heterocycles. The molecule has 29 heavy (non-hydrogen) atoms. The highest BCUT2D eigenvalue weighted by molar-refractivity contribution is 5.85. The Bertz CT molecular complexity index is 971. The Balaban J connectivity index is 0.00000240. The van der Waals surface area contributed by atoms with Crippen molar-refractivity contribution in [1.82, 2.24) is 14.5 Å². The number of hydrogen-bond acceptors (Lipinski definition) is 3. The first kappa shape index (κ1) is 21.6. The Morgan fingerprint density at radius 3 is 2.48 bits per heavy atom. The molecule has 2 atom stereocenters. The minimum absolute atomic E-state index is 0. The van der Waals surface area contributed by atoms with Crippen LogP contribution in [0, 0.1) is 5.92 Å². The molecule has 0 spiro atoms. The number of aromatic nitrogens is 2. The number of alkyl halides is 3. The summed E-state index contributed by atoms with van der Waals surface area (Å²) in [4.78, 5) is 6.78. The van der Waals surface area contributed by atoms with Gasteiger partial charge in [-0.15, -0.1) is 12.4 Å². The molecule has 0 saturated carbocycles. The van der Waals surface area contributed by atoms with Crippen LogP contribution in [0.3, 0.4) is 0 Å². The summed E-state index contributed by atoms with van der Waals surface area (Å²) in [6.07, 6.45) is -4.36. The van der Waals surface area contributed by atoms with Crippen LogP contribution in [0.25, 0.3) is 11.0 Å². The molecule has 1 aromatic heterocycles. The maximum Gasteiger partial charge on any atom is 0.416 e. The van der Waals surface area contributed by atoms with Gasteiger partial charge in [-0.1, -0.05) is 30.3 Å². The van der Waals surface area contributed by atoms with Gasteiger partial charge in [0, 0.05) is 26.1 Å². The lowest BCUT2D eigenvalue weighted by Gasteiger charge is -2.16. The molecule has 3 aromatic rings. The van der Waals surface area contributed by atoms with E-state index in [0.29, 0.717) is 36.0 Å². The number of nitrogens with two attached hydrogens (primary N) is 1. The summed E-state index contributed by atoms with van der Waals surface area (Å²) in [5, 5.41) is 0. The van der Waals surface area contributed by atoms with Gasteiger partial charge in [0.05, 0.1) is 23.1 Å². The lowest BCUT2D eigenvalue weighted by Crippen LogP contribution is -2.24. The molecule has 8 heteroatoms. The number of aryl methyl sites for hydroxylation is 1. The van der Waals surface area contributed by atoms with Crippen molar-refractivity contribution in [2.45, 2.75) is 18.6 Å². The zero-order valence-electron chi connectivity index (χ0n) is 16.1. The quantitative estimate of drug-likeness (QED) is 0.683. The molecule has 156 valence electrons. The van der Waals surface area contributed by atoms with Gasteiger partial charge in [0.15, 0.2) is 0 Å². The Morgan fingerprint density at radius 2 is 1.83 bits per heavy atom. The van der Waals surface area contributed by atoms with E-state index in [0.717, 1.165) is 31.0 Å². The number of nitrogens with zero attached hydrogens (tertiary/aromatic N) is 3. The van der Waals surface area contributed by atoms with Crippen LogP contribution in [0.2, 0.25) is 0 Å². The molecule has 1 aliphatic heterocycles. The second-order valence-electron chi connectivity index (χ2n) is 7.50. The van der Waals surface area contributed by atoms with Crippen LogP contribution < -0.4 is 5.73 Å². The third kappa shape index (κ3) is 4.27. The van der Waals surface area contributed by atoms with E-state index in [2.05, 4.69) is 22.0 Å². The first-order chi connectivity index (χ1) is 13.4. The van der Waals surface area contributed by atoms with Crippen molar-refractivity contribution in [2.75, 3.05) is 19.6 Å². The second-order valence-corrected chi connectivity index (χ2v) is 7.50. The van der Waals surface area contributed by atoms with E-state index in [-0.39, 0.29) is 12.4 Å². The lowest BCUT2D eigenvalue weighted by molar-refractivity contribution is -0.137. The average molecular weight is 425 g/mol. The average Bonchev–Trinajstić information content (AvgIpc) is 3.23. The summed E-state index contributed by atoms with van der Waals surface area (Å²) in [6.45, 7) is 2.91. The third-order valence-corrected chi connectivity index (χ3v) is 5.71. The van der Waals surface area contributed by atoms with E-state index in [1.54, 1.807) is 0 Å². The van der Waals surface area contributed by atoms with Crippen molar-refractivity contribution >= 4 is 23.4 Å². The van der Waals surface area contributed by atoms with E-state index < -0.39 is 11.7 Å². The molecule has 2 heterocycles. The van der Waals surface area contributed by atoms with Crippen LogP contribution in [0.1, 0.15) is 22.9 Å². The fourth-order valence-electron chi connectivity index (χ4n) is 4.17. The standard InChI is InChI=1S/C21H23F3N4.ClH/c1-27-19-8-7-16(21(22,23)24)9-18(19)26-20(27)13-28-11-15(10-25)17(12-28)14-5-3-2-4-6-14;/h2-9,15,17H,10-13,25H2,1H3;1H/t15-,17+;/m1./s1. The first-order valence-electron chi connectivity index (χ1n) is 9.36. The Morgan fingerprint density at radius 1 is 1.10 bits per heavy atom. The maximum atomic E-state index is 13.0. The van der Waals surface area contributed by atoms with Gasteiger partial charge in [0.2, 0.25) is 0 Å². The zero-order valence-corrected chi connectivity index (χ0v) is 16.9. The number of imidazole rings is 1. The summed E-state index contributed by atoms with van der Waals surface area (Å²) in [7, 11) is 1.85. The summed E-state index contributed by atoms with van der Waals surface area (Å²) < 4.78 is 40.8. The molecule has 2 N–H and O–H groups in total. The molecule has 1 fully saturated rings. The molecular formula is C21H24ClF3N4. The molecule has 2 aromatic carbocycles. The van der Waals surface area contributed by atoms with Crippen LogP contribution >= 0.6 is 12.4 Å². The van der Waals surface area contributed by atoms with Crippen LogP contribution in [0.5, 0.6) is 0 Å². The summed E-state index contributed by atoms with van der Waals surface area (Å²) in [5.74, 6) is 1.48. The molecule has 4 nitrogen and oxygen atoms in total. The smallest absolute Gasteiger partial charge is 0.330 e. The number of halogens is 4. The van der Waals surface area contributed by atoms with Gasteiger partial charge in [-0.05, 0) is 36.2 Å². The molecule has 0 aliphatic carbocycles. The van der Waals surface area contributed by atoms with E-state index in [4.69, 9.17) is 5.73 Å². The van der Waals surface area contributed by atoms with Crippen molar-refractivity contribution < 1.29 is 13.2 Å². The highest BCUT2D eigenvalue weighted by Crippen LogP contribution is 2.34. The predicted octanol–water partition coefficient (Wildman–Crippen LogP) is 4.19. The normalized spacial score (nSPS) is 20.2. The fourth-order valence-corrected chi connectivity index (χ4v) is 4.17. The van der Waals surface area contributed by atoms with Crippen molar-refractivity contribution in [2.24, 2.45) is 18.7 Å². The Labute approximate surface area is 173 Å². The fraction of sp³-hybridized carbons (Fsp3) is 0.381. The molecule has 0 radical (unpaired) electrons. The van der Waals surface area contributed by atoms with E-state index in [1.807, 2.05) is 29.8 Å². The van der Waals surface area contributed by atoms with Gasteiger partial charge in [-0.25, -0.2) is 4.98 Å². The molecule has 4 rings (SSSR count). The van der Waals surface area contributed by atoms with Gasteiger partial charge >= 0.3 is 6.18 Å². The molecule has 0 unspecified atom stereocenters. The minimum atomic E-state index is -4.36. The third-order valence-electron chi connectivity index (χ3n) is 5.71. The Kier molecular flexibility index (Phi) is 6.22. The van der Waals surface area contributed by atoms with Crippen LogP contribution in [0.4, 0.5) is 13.2 Å². The number of fused-ring (bicyclic) bond motifs is 1. The van der Waals surface area contributed by atoms with Crippen molar-refractivity contribution in [3.63, 3.8) is 0 Å². The highest BCUT2D eigenvalue weighted by Gasteiger charge is 2.34. The summed E-state index contributed by atoms with van der Waals surface area (Å²) in [6, 6.07) is 14.1. The highest BCUT2D eigenvalue weighted by atomic mass is 35.5. The predicted molar refractivity (Wildman–Crippen MR) is 110 cm³/mol. The van der Waals surface area contributed by atoms with Crippen LogP contribution in [-0.2, 0) is 19.8 Å². The number of likely N-dealkylation sites (tertiary alicyclic amines) is 1. The van der Waals surface area contributed by atoms with Crippen molar-refractivity contribution in [3.05, 3.63) is 65.5 Å². The van der Waals surface area contributed by atoms with Gasteiger partial charge in [0.1, 0.15) is 5.82 Å². The van der Waals surface area contributed by atoms with E-state index >= 15 is 0 Å². The van der Waals surface area contributed by atoms with Gasteiger partial charge in [-0.2, -0.15) is 13.2 Å². The van der Waals surface area contributed by atoms with Crippen molar-refractivity contribution in [3.8, 4) is 0 Å². The van der Waals surface area contributed by atoms with Crippen LogP contribution in [-0.4, -0.2) is 34.1 Å². The first-order valence-corrected chi connectivity index (χ1v) is 9.36. The summed E-state index contributed by atoms with van der Waals surface area (Å²) >= 11 is 0. The van der Waals surface area contributed by atoms with Gasteiger partial charge < -0.3 is 10.3 Å². The molecule has 0 amide bonds. The monoisotopic (exact) mass is 424 g/mol. The van der Waals surface area contributed by atoms with Gasteiger partial charge in [0.25, 0.3) is 0 Å². The number of benzene rings is 2. The summed E-state index contributed by atoms with van der Waals surface area (Å²) in [5.41, 5.74) is 7.70. The van der Waals surface area contributed by atoms with E-state index in [9.17, 15) is 13.2 Å². The molecule has 0 bridgehead atoms. The maximum absolute atomic E-state index is 13.0. The molecule has 1 aliphatic rings. The zero-order chi connectivity index (χ0) is 19.9. The second kappa shape index (κ2) is 8.34. The van der Waals surface area contributed by atoms with Crippen molar-refractivity contribution in [1.29, 1.82) is 0 Å². The van der Waals surface area contributed by atoms with Crippen LogP contribution in [0.15, 0.2) is 48.5 Å². The van der Waals surface area contributed by atoms with Gasteiger partial charge in [-0.3, -0.25) is 4.90 Å². The minimum Gasteiger partial charge on any atom is -0.330 e. The Hall–Kier alpha value is -2.09. The number of rotatable bonds is 4. The lowest BCUT2D eigenvalue weighted by atomic mass is 9.89. The molecular weight excluding hydrogens is 401 g/mol. The number of hydrogen-bond donors (Lipinski definition) is 1.